The van der Waals surface area contributed by atoms with Gasteiger partial charge in [-0.05, 0) is 18.6 Å². The Morgan fingerprint density at radius 1 is 1.73 bits per heavy atom. The molecule has 15 heavy (non-hydrogen) atoms. The lowest BCUT2D eigenvalue weighted by atomic mass is 10.1. The molecule has 0 atom stereocenters. The van der Waals surface area contributed by atoms with Crippen molar-refractivity contribution in [3.05, 3.63) is 42.6 Å². The van der Waals surface area contributed by atoms with Crippen molar-refractivity contribution in [1.82, 2.24) is 0 Å². The number of rotatable bonds is 5. The predicted molar refractivity (Wildman–Crippen MR) is 54.8 cm³/mol. The molecule has 80 valence electrons. The molecule has 1 aromatic heterocycles. The fourth-order valence-corrected chi connectivity index (χ4v) is 1.18. The van der Waals surface area contributed by atoms with Gasteiger partial charge in [0.15, 0.2) is 11.5 Å². The predicted octanol–water partition coefficient (Wildman–Crippen LogP) is 2.65. The lowest BCUT2D eigenvalue weighted by molar-refractivity contribution is -0.132. The van der Waals surface area contributed by atoms with E-state index in [1.807, 2.05) is 0 Å². The van der Waals surface area contributed by atoms with E-state index in [1.54, 1.807) is 19.1 Å². The van der Waals surface area contributed by atoms with Crippen molar-refractivity contribution >= 4 is 11.7 Å². The van der Waals surface area contributed by atoms with Crippen molar-refractivity contribution in [2.45, 2.75) is 13.3 Å². The van der Waals surface area contributed by atoms with Crippen LogP contribution in [0.1, 0.15) is 19.1 Å². The van der Waals surface area contributed by atoms with Crippen molar-refractivity contribution in [2.24, 2.45) is 0 Å². The minimum Gasteiger partial charge on any atom is -0.478 e. The van der Waals surface area contributed by atoms with Crippen LogP contribution < -0.4 is 0 Å². The van der Waals surface area contributed by atoms with Crippen LogP contribution in [0.5, 0.6) is 0 Å². The molecule has 0 spiro atoms. The first-order chi connectivity index (χ1) is 7.20. The van der Waals surface area contributed by atoms with Crippen LogP contribution in [-0.4, -0.2) is 11.1 Å². The SMILES string of the molecule is C=COC(=C(CC)C(=O)O)c1ccco1. The Bertz CT molecular complexity index is 373. The second-order valence-corrected chi connectivity index (χ2v) is 2.73. The van der Waals surface area contributed by atoms with E-state index in [1.165, 1.54) is 12.5 Å². The van der Waals surface area contributed by atoms with Crippen LogP contribution in [0.3, 0.4) is 0 Å². The van der Waals surface area contributed by atoms with Crippen LogP contribution in [0.4, 0.5) is 0 Å². The third-order valence-corrected chi connectivity index (χ3v) is 1.83. The van der Waals surface area contributed by atoms with Crippen LogP contribution in [0, 0.1) is 0 Å². The highest BCUT2D eigenvalue weighted by molar-refractivity contribution is 5.94. The number of carboxylic acids is 1. The zero-order valence-electron chi connectivity index (χ0n) is 8.40. The molecule has 1 heterocycles. The van der Waals surface area contributed by atoms with Gasteiger partial charge in [0, 0.05) is 0 Å². The average Bonchev–Trinajstić information content (AvgIpc) is 2.69. The first-order valence-corrected chi connectivity index (χ1v) is 4.48. The second kappa shape index (κ2) is 5.05. The number of hydrogen-bond acceptors (Lipinski definition) is 3. The summed E-state index contributed by atoms with van der Waals surface area (Å²) >= 11 is 0. The Labute approximate surface area is 87.5 Å². The van der Waals surface area contributed by atoms with Crippen molar-refractivity contribution in [3.63, 3.8) is 0 Å². The summed E-state index contributed by atoms with van der Waals surface area (Å²) in [6, 6.07) is 3.30. The van der Waals surface area contributed by atoms with Crippen molar-refractivity contribution < 1.29 is 19.1 Å². The van der Waals surface area contributed by atoms with Gasteiger partial charge in [-0.2, -0.15) is 0 Å². The number of furan rings is 1. The molecule has 4 nitrogen and oxygen atoms in total. The monoisotopic (exact) mass is 208 g/mol. The summed E-state index contributed by atoms with van der Waals surface area (Å²) in [4.78, 5) is 10.9. The summed E-state index contributed by atoms with van der Waals surface area (Å²) in [6.45, 7) is 5.13. The summed E-state index contributed by atoms with van der Waals surface area (Å²) < 4.78 is 10.2. The van der Waals surface area contributed by atoms with Gasteiger partial charge in [0.05, 0.1) is 18.1 Å². The highest BCUT2D eigenvalue weighted by Gasteiger charge is 2.17. The van der Waals surface area contributed by atoms with Crippen LogP contribution in [0.25, 0.3) is 5.76 Å². The maximum absolute atomic E-state index is 10.9. The largest absolute Gasteiger partial charge is 0.478 e. The Morgan fingerprint density at radius 2 is 2.47 bits per heavy atom. The minimum absolute atomic E-state index is 0.157. The van der Waals surface area contributed by atoms with Gasteiger partial charge in [0.25, 0.3) is 0 Å². The Kier molecular flexibility index (Phi) is 3.74. The van der Waals surface area contributed by atoms with Gasteiger partial charge in [0.1, 0.15) is 0 Å². The summed E-state index contributed by atoms with van der Waals surface area (Å²) in [5, 5.41) is 8.96. The lowest BCUT2D eigenvalue weighted by Crippen LogP contribution is -2.04. The Balaban J connectivity index is 3.20. The normalized spacial score (nSPS) is 11.8. The highest BCUT2D eigenvalue weighted by Crippen LogP contribution is 2.23. The van der Waals surface area contributed by atoms with Crippen LogP contribution in [-0.2, 0) is 9.53 Å². The van der Waals surface area contributed by atoms with Gasteiger partial charge in [-0.3, -0.25) is 0 Å². The number of aliphatic carboxylic acids is 1. The van der Waals surface area contributed by atoms with Crippen LogP contribution in [0.2, 0.25) is 0 Å². The van der Waals surface area contributed by atoms with Gasteiger partial charge < -0.3 is 14.3 Å². The molecule has 1 N–H and O–H groups in total. The summed E-state index contributed by atoms with van der Waals surface area (Å²) in [6.07, 6.45) is 2.98. The van der Waals surface area contributed by atoms with Crippen LogP contribution in [0.15, 0.2) is 41.2 Å². The standard InChI is InChI=1S/C11H12O4/c1-3-8(11(12)13)10(14-4-2)9-6-5-7-15-9/h4-7H,2-3H2,1H3,(H,12,13). The third kappa shape index (κ3) is 2.49. The number of ether oxygens (including phenoxy) is 1. The molecule has 0 fully saturated rings. The van der Waals surface area contributed by atoms with E-state index in [2.05, 4.69) is 6.58 Å². The first-order valence-electron chi connectivity index (χ1n) is 4.48. The molecule has 0 radical (unpaired) electrons. The molecular formula is C11H12O4. The summed E-state index contributed by atoms with van der Waals surface area (Å²) in [5.74, 6) is -0.440. The zero-order chi connectivity index (χ0) is 11.3. The molecule has 1 aromatic rings. The van der Waals surface area contributed by atoms with Crippen molar-refractivity contribution in [3.8, 4) is 0 Å². The summed E-state index contributed by atoms with van der Waals surface area (Å²) in [5.41, 5.74) is 0.157. The van der Waals surface area contributed by atoms with Gasteiger partial charge in [-0.25, -0.2) is 4.79 Å². The van der Waals surface area contributed by atoms with Crippen molar-refractivity contribution in [2.75, 3.05) is 0 Å². The molecular weight excluding hydrogens is 196 g/mol. The van der Waals surface area contributed by atoms with E-state index in [0.29, 0.717) is 12.2 Å². The fraction of sp³-hybridized carbons (Fsp3) is 0.182. The highest BCUT2D eigenvalue weighted by atomic mass is 16.5. The quantitative estimate of drug-likeness (QED) is 0.597. The molecule has 0 aliphatic rings. The van der Waals surface area contributed by atoms with E-state index in [0.717, 1.165) is 0 Å². The van der Waals surface area contributed by atoms with E-state index in [9.17, 15) is 4.79 Å². The van der Waals surface area contributed by atoms with E-state index < -0.39 is 5.97 Å². The zero-order valence-corrected chi connectivity index (χ0v) is 8.40. The maximum Gasteiger partial charge on any atom is 0.335 e. The molecule has 0 saturated heterocycles. The number of carboxylic acid groups (broad SMARTS) is 1. The van der Waals surface area contributed by atoms with Crippen molar-refractivity contribution in [1.29, 1.82) is 0 Å². The molecule has 0 aromatic carbocycles. The molecule has 0 amide bonds. The van der Waals surface area contributed by atoms with E-state index >= 15 is 0 Å². The number of carbonyl (C=O) groups is 1. The maximum atomic E-state index is 10.9. The molecule has 0 aliphatic carbocycles. The van der Waals surface area contributed by atoms with Gasteiger partial charge in [-0.1, -0.05) is 13.5 Å². The topological polar surface area (TPSA) is 59.7 Å². The van der Waals surface area contributed by atoms with E-state index in [-0.39, 0.29) is 11.3 Å². The summed E-state index contributed by atoms with van der Waals surface area (Å²) in [7, 11) is 0. The first kappa shape index (κ1) is 11.1. The molecule has 0 bridgehead atoms. The fourth-order valence-electron chi connectivity index (χ4n) is 1.18. The second-order valence-electron chi connectivity index (χ2n) is 2.73. The van der Waals surface area contributed by atoms with Gasteiger partial charge in [0.2, 0.25) is 0 Å². The smallest absolute Gasteiger partial charge is 0.335 e. The average molecular weight is 208 g/mol. The molecule has 1 rings (SSSR count). The molecule has 0 aliphatic heterocycles. The Morgan fingerprint density at radius 3 is 2.87 bits per heavy atom. The minimum atomic E-state index is -1.02. The Hall–Kier alpha value is -1.97. The third-order valence-electron chi connectivity index (χ3n) is 1.83. The van der Waals surface area contributed by atoms with Crippen LogP contribution >= 0.6 is 0 Å². The number of hydrogen-bond donors (Lipinski definition) is 1. The molecule has 4 heteroatoms. The molecule has 0 saturated carbocycles. The lowest BCUT2D eigenvalue weighted by Gasteiger charge is -2.07. The molecule has 0 unspecified atom stereocenters. The van der Waals surface area contributed by atoms with E-state index in [4.69, 9.17) is 14.3 Å². The van der Waals surface area contributed by atoms with Gasteiger partial charge >= 0.3 is 5.97 Å². The van der Waals surface area contributed by atoms with Gasteiger partial charge in [-0.15, -0.1) is 0 Å².